The summed E-state index contributed by atoms with van der Waals surface area (Å²) in [7, 11) is 0. The van der Waals surface area contributed by atoms with E-state index in [0.717, 1.165) is 12.6 Å². The number of nitrogens with one attached hydrogen (secondary N) is 1. The Morgan fingerprint density at radius 1 is 1.54 bits per heavy atom. The number of rotatable bonds is 5. The van der Waals surface area contributed by atoms with E-state index in [1.807, 2.05) is 6.92 Å². The average Bonchev–Trinajstić information content (AvgIpc) is 3.04. The first-order valence-corrected chi connectivity index (χ1v) is 7.65. The Labute approximate surface area is 137 Å². The third-order valence-corrected chi connectivity index (χ3v) is 4.42. The highest BCUT2D eigenvalue weighted by molar-refractivity contribution is 5.78. The number of halogens is 3. The number of aromatic nitrogens is 1. The van der Waals surface area contributed by atoms with Gasteiger partial charge in [-0.1, -0.05) is 6.92 Å². The molecule has 0 aromatic carbocycles. The molecule has 1 aromatic heterocycles. The number of aliphatic hydroxyl groups is 2. The number of aliphatic hydroxyl groups excluding tert-OH is 1. The fourth-order valence-corrected chi connectivity index (χ4v) is 3.11. The second-order valence-electron chi connectivity index (χ2n) is 6.65. The third-order valence-electron chi connectivity index (χ3n) is 4.42. The maximum atomic E-state index is 13.3. The van der Waals surface area contributed by atoms with Gasteiger partial charge in [0.15, 0.2) is 0 Å². The number of amides is 1. The number of hydrogen-bond acceptors (Lipinski definition) is 5. The molecule has 1 aromatic rings. The van der Waals surface area contributed by atoms with Gasteiger partial charge < -0.3 is 19.9 Å². The van der Waals surface area contributed by atoms with Gasteiger partial charge in [-0.2, -0.15) is 13.2 Å². The number of carbonyl (C=O) groups is 1. The Morgan fingerprint density at radius 3 is 2.62 bits per heavy atom. The predicted molar refractivity (Wildman–Crippen MR) is 76.8 cm³/mol. The molecular formula is C15H21F3N2O4. The maximum absolute atomic E-state index is 13.3. The molecule has 1 amide bonds. The molecule has 0 saturated heterocycles. The zero-order valence-corrected chi connectivity index (χ0v) is 13.5. The lowest BCUT2D eigenvalue weighted by atomic mass is 9.94. The van der Waals surface area contributed by atoms with Gasteiger partial charge in [-0.25, -0.2) is 4.98 Å². The van der Waals surface area contributed by atoms with E-state index in [1.54, 1.807) is 0 Å². The molecule has 3 atom stereocenters. The van der Waals surface area contributed by atoms with Crippen LogP contribution in [-0.4, -0.2) is 39.4 Å². The number of nitrogens with zero attached hydrogens (tertiary/aromatic N) is 1. The van der Waals surface area contributed by atoms with Gasteiger partial charge in [-0.15, -0.1) is 0 Å². The van der Waals surface area contributed by atoms with Crippen LogP contribution in [0.5, 0.6) is 0 Å². The van der Waals surface area contributed by atoms with Gasteiger partial charge in [-0.3, -0.25) is 4.79 Å². The summed E-state index contributed by atoms with van der Waals surface area (Å²) in [6.07, 6.45) is -3.69. The van der Waals surface area contributed by atoms with Crippen molar-refractivity contribution in [2.75, 3.05) is 6.61 Å². The molecule has 3 unspecified atom stereocenters. The van der Waals surface area contributed by atoms with E-state index in [4.69, 9.17) is 4.42 Å². The highest BCUT2D eigenvalue weighted by atomic mass is 19.4. The summed E-state index contributed by atoms with van der Waals surface area (Å²) in [5.74, 6) is -1.66. The van der Waals surface area contributed by atoms with Crippen molar-refractivity contribution in [3.05, 3.63) is 17.8 Å². The Kier molecular flexibility index (Phi) is 4.96. The molecule has 0 spiro atoms. The molecule has 9 heteroatoms. The second kappa shape index (κ2) is 6.36. The Balaban J connectivity index is 2.20. The van der Waals surface area contributed by atoms with Crippen LogP contribution in [0, 0.1) is 12.8 Å². The zero-order chi connectivity index (χ0) is 18.2. The van der Waals surface area contributed by atoms with Gasteiger partial charge in [0.05, 0.1) is 24.8 Å². The van der Waals surface area contributed by atoms with Crippen molar-refractivity contribution < 1.29 is 32.6 Å². The molecule has 0 radical (unpaired) electrons. The smallest absolute Gasteiger partial charge is 0.426 e. The number of hydrogen-bond donors (Lipinski definition) is 3. The van der Waals surface area contributed by atoms with Gasteiger partial charge in [-0.05, 0) is 32.1 Å². The fraction of sp³-hybridized carbons (Fsp3) is 0.733. The van der Waals surface area contributed by atoms with Crippen LogP contribution in [0.15, 0.2) is 10.6 Å². The normalized spacial score (nSPS) is 27.0. The van der Waals surface area contributed by atoms with Crippen LogP contribution in [0.2, 0.25) is 0 Å². The monoisotopic (exact) mass is 350 g/mol. The average molecular weight is 350 g/mol. The largest absolute Gasteiger partial charge is 0.443 e. The standard InChI is InChI=1S/C15H21F3N2O4/c1-9-3-4-13(5-9,8-21)20-11(22)6-14(23,15(16,17)18)12-19-7-10(2)24-12/h7,9,21,23H,3-6,8H2,1-2H3,(H,20,22). The Bertz CT molecular complexity index is 604. The van der Waals surface area contributed by atoms with Crippen molar-refractivity contribution in [3.63, 3.8) is 0 Å². The minimum absolute atomic E-state index is 0.0875. The zero-order valence-electron chi connectivity index (χ0n) is 13.5. The van der Waals surface area contributed by atoms with E-state index in [-0.39, 0.29) is 18.3 Å². The summed E-state index contributed by atoms with van der Waals surface area (Å²) in [5, 5.41) is 22.1. The molecule has 6 nitrogen and oxygen atoms in total. The molecule has 1 heterocycles. The maximum Gasteiger partial charge on any atom is 0.426 e. The van der Waals surface area contributed by atoms with Crippen LogP contribution in [0.1, 0.15) is 44.3 Å². The Hall–Kier alpha value is -1.61. The third kappa shape index (κ3) is 3.56. The minimum atomic E-state index is -5.14. The van der Waals surface area contributed by atoms with Crippen LogP contribution in [-0.2, 0) is 10.4 Å². The molecule has 0 aliphatic heterocycles. The lowest BCUT2D eigenvalue weighted by molar-refractivity contribution is -0.275. The van der Waals surface area contributed by atoms with Crippen LogP contribution < -0.4 is 5.32 Å². The molecule has 3 N–H and O–H groups in total. The van der Waals surface area contributed by atoms with Crippen molar-refractivity contribution >= 4 is 5.91 Å². The first-order chi connectivity index (χ1) is 11.0. The van der Waals surface area contributed by atoms with Crippen molar-refractivity contribution in [1.82, 2.24) is 10.3 Å². The lowest BCUT2D eigenvalue weighted by Crippen LogP contribution is -2.53. The molecule has 1 aliphatic carbocycles. The highest BCUT2D eigenvalue weighted by Gasteiger charge is 2.60. The van der Waals surface area contributed by atoms with Gasteiger partial charge in [0.25, 0.3) is 0 Å². The minimum Gasteiger partial charge on any atom is -0.443 e. The number of alkyl halides is 3. The van der Waals surface area contributed by atoms with Crippen molar-refractivity contribution in [1.29, 1.82) is 0 Å². The number of aryl methyl sites for hydroxylation is 1. The number of oxazole rings is 1. The van der Waals surface area contributed by atoms with Crippen LogP contribution in [0.4, 0.5) is 13.2 Å². The summed E-state index contributed by atoms with van der Waals surface area (Å²) in [6.45, 7) is 2.95. The summed E-state index contributed by atoms with van der Waals surface area (Å²) in [5.41, 5.74) is -4.47. The topological polar surface area (TPSA) is 95.6 Å². The van der Waals surface area contributed by atoms with E-state index < -0.39 is 35.5 Å². The van der Waals surface area contributed by atoms with E-state index in [0.29, 0.717) is 12.8 Å². The van der Waals surface area contributed by atoms with Gasteiger partial charge in [0.1, 0.15) is 5.76 Å². The van der Waals surface area contributed by atoms with E-state index in [1.165, 1.54) is 6.92 Å². The van der Waals surface area contributed by atoms with Gasteiger partial charge in [0.2, 0.25) is 17.4 Å². The summed E-state index contributed by atoms with van der Waals surface area (Å²) >= 11 is 0. The van der Waals surface area contributed by atoms with Crippen molar-refractivity contribution in [2.24, 2.45) is 5.92 Å². The van der Waals surface area contributed by atoms with Crippen molar-refractivity contribution in [2.45, 2.75) is 56.8 Å². The molecule has 136 valence electrons. The summed E-state index contributed by atoms with van der Waals surface area (Å²) in [4.78, 5) is 15.6. The predicted octanol–water partition coefficient (Wildman–Crippen LogP) is 1.79. The van der Waals surface area contributed by atoms with Crippen LogP contribution in [0.25, 0.3) is 0 Å². The summed E-state index contributed by atoms with van der Waals surface area (Å²) < 4.78 is 44.8. The Morgan fingerprint density at radius 2 is 2.21 bits per heavy atom. The summed E-state index contributed by atoms with van der Waals surface area (Å²) in [6, 6.07) is 0. The first kappa shape index (κ1) is 18.7. The molecule has 2 rings (SSSR count). The molecule has 0 bridgehead atoms. The molecule has 1 aliphatic rings. The lowest BCUT2D eigenvalue weighted by Gasteiger charge is -2.31. The SMILES string of the molecule is Cc1cnc(C(O)(CC(=O)NC2(CO)CCC(C)C2)C(F)(F)F)o1. The van der Waals surface area contributed by atoms with Crippen LogP contribution >= 0.6 is 0 Å². The van der Waals surface area contributed by atoms with Crippen LogP contribution in [0.3, 0.4) is 0 Å². The van der Waals surface area contributed by atoms with Crippen molar-refractivity contribution in [3.8, 4) is 0 Å². The van der Waals surface area contributed by atoms with Gasteiger partial charge in [0, 0.05) is 0 Å². The number of carbonyl (C=O) groups excluding carboxylic acids is 1. The van der Waals surface area contributed by atoms with E-state index in [2.05, 4.69) is 10.3 Å². The van der Waals surface area contributed by atoms with E-state index in [9.17, 15) is 28.2 Å². The molecule has 1 fully saturated rings. The molecule has 1 saturated carbocycles. The van der Waals surface area contributed by atoms with E-state index >= 15 is 0 Å². The molecular weight excluding hydrogens is 329 g/mol. The first-order valence-electron chi connectivity index (χ1n) is 7.65. The quantitative estimate of drug-likeness (QED) is 0.752. The molecule has 24 heavy (non-hydrogen) atoms. The fourth-order valence-electron chi connectivity index (χ4n) is 3.11. The van der Waals surface area contributed by atoms with Gasteiger partial charge >= 0.3 is 6.18 Å². The second-order valence-corrected chi connectivity index (χ2v) is 6.65. The highest BCUT2D eigenvalue weighted by Crippen LogP contribution is 2.42.